The Bertz CT molecular complexity index is 578. The molecule has 106 valence electrons. The summed E-state index contributed by atoms with van der Waals surface area (Å²) < 4.78 is 5.25. The highest BCUT2D eigenvalue weighted by Crippen LogP contribution is 2.30. The van der Waals surface area contributed by atoms with Crippen molar-refractivity contribution in [1.82, 2.24) is 10.3 Å². The molecule has 1 saturated carbocycles. The van der Waals surface area contributed by atoms with Crippen molar-refractivity contribution in [3.8, 4) is 10.6 Å². The number of rotatable bonds is 6. The summed E-state index contributed by atoms with van der Waals surface area (Å²) in [5.41, 5.74) is 2.14. The van der Waals surface area contributed by atoms with Crippen molar-refractivity contribution in [2.75, 3.05) is 7.11 Å². The molecule has 0 unspecified atom stereocenters. The van der Waals surface area contributed by atoms with Crippen LogP contribution in [0.4, 0.5) is 0 Å². The summed E-state index contributed by atoms with van der Waals surface area (Å²) in [4.78, 5) is 5.98. The number of thiazole rings is 1. The average molecular weight is 309 g/mol. The zero-order valence-corrected chi connectivity index (χ0v) is 12.9. The van der Waals surface area contributed by atoms with E-state index >= 15 is 0 Å². The summed E-state index contributed by atoms with van der Waals surface area (Å²) in [6.45, 7) is 1.44. The summed E-state index contributed by atoms with van der Waals surface area (Å²) in [5.74, 6) is 0. The van der Waals surface area contributed by atoms with Gasteiger partial charge >= 0.3 is 0 Å². The van der Waals surface area contributed by atoms with Gasteiger partial charge in [-0.2, -0.15) is 0 Å². The number of nitrogens with one attached hydrogen (secondary N) is 1. The van der Waals surface area contributed by atoms with E-state index in [1.165, 1.54) is 17.7 Å². The molecular formula is C15H17ClN2OS. The lowest BCUT2D eigenvalue weighted by atomic mass is 10.2. The Morgan fingerprint density at radius 2 is 2.10 bits per heavy atom. The zero-order chi connectivity index (χ0) is 13.9. The summed E-state index contributed by atoms with van der Waals surface area (Å²) in [5, 5.41) is 5.32. The van der Waals surface area contributed by atoms with E-state index < -0.39 is 0 Å². The fourth-order valence-electron chi connectivity index (χ4n) is 2.01. The molecule has 5 heteroatoms. The van der Waals surface area contributed by atoms with Crippen molar-refractivity contribution in [3.63, 3.8) is 0 Å². The number of benzene rings is 1. The van der Waals surface area contributed by atoms with Gasteiger partial charge in [0.1, 0.15) is 5.01 Å². The lowest BCUT2D eigenvalue weighted by Gasteiger charge is -2.02. The van der Waals surface area contributed by atoms with E-state index in [0.717, 1.165) is 27.8 Å². The predicted molar refractivity (Wildman–Crippen MR) is 83.1 cm³/mol. The van der Waals surface area contributed by atoms with Crippen LogP contribution in [0.3, 0.4) is 0 Å². The largest absolute Gasteiger partial charge is 0.378 e. The van der Waals surface area contributed by atoms with Gasteiger partial charge in [-0.05, 0) is 25.0 Å². The van der Waals surface area contributed by atoms with Crippen molar-refractivity contribution >= 4 is 22.9 Å². The van der Waals surface area contributed by atoms with E-state index in [1.54, 1.807) is 18.4 Å². The number of halogens is 1. The maximum atomic E-state index is 5.93. The Balaban J connectivity index is 1.82. The molecule has 0 amide bonds. The van der Waals surface area contributed by atoms with Gasteiger partial charge in [0.2, 0.25) is 0 Å². The van der Waals surface area contributed by atoms with Gasteiger partial charge < -0.3 is 10.1 Å². The molecule has 0 bridgehead atoms. The molecule has 2 aromatic rings. The molecule has 1 heterocycles. The summed E-state index contributed by atoms with van der Waals surface area (Å²) in [6.07, 6.45) is 2.59. The first-order valence-electron chi connectivity index (χ1n) is 6.73. The van der Waals surface area contributed by atoms with Crippen LogP contribution in [0.25, 0.3) is 10.6 Å². The Morgan fingerprint density at radius 1 is 1.35 bits per heavy atom. The standard InChI is InChI=1S/C15H17ClN2OS/c1-19-9-13-14(8-17-12-6-7-12)20-15(18-13)10-2-4-11(16)5-3-10/h2-5,12,17H,6-9H2,1H3. The van der Waals surface area contributed by atoms with Gasteiger partial charge in [0.05, 0.1) is 12.3 Å². The van der Waals surface area contributed by atoms with Crippen molar-refractivity contribution in [2.24, 2.45) is 0 Å². The monoisotopic (exact) mass is 308 g/mol. The second kappa shape index (κ2) is 6.22. The third-order valence-electron chi connectivity index (χ3n) is 3.28. The number of hydrogen-bond acceptors (Lipinski definition) is 4. The van der Waals surface area contributed by atoms with Gasteiger partial charge in [-0.3, -0.25) is 0 Å². The lowest BCUT2D eigenvalue weighted by Crippen LogP contribution is -2.15. The van der Waals surface area contributed by atoms with E-state index in [0.29, 0.717) is 12.6 Å². The number of methoxy groups -OCH3 is 1. The van der Waals surface area contributed by atoms with Crippen LogP contribution in [-0.2, 0) is 17.9 Å². The average Bonchev–Trinajstić information content (AvgIpc) is 3.19. The Labute approximate surface area is 127 Å². The second-order valence-electron chi connectivity index (χ2n) is 4.98. The molecule has 3 rings (SSSR count). The molecule has 3 nitrogen and oxygen atoms in total. The molecule has 1 N–H and O–H groups in total. The molecule has 0 spiro atoms. The first-order chi connectivity index (χ1) is 9.76. The van der Waals surface area contributed by atoms with E-state index in [2.05, 4.69) is 5.32 Å². The molecule has 0 aliphatic heterocycles. The van der Waals surface area contributed by atoms with Gasteiger partial charge in [-0.15, -0.1) is 11.3 Å². The van der Waals surface area contributed by atoms with Crippen molar-refractivity contribution in [1.29, 1.82) is 0 Å². The minimum Gasteiger partial charge on any atom is -0.378 e. The van der Waals surface area contributed by atoms with Gasteiger partial charge in [0.15, 0.2) is 0 Å². The number of ether oxygens (including phenoxy) is 1. The fraction of sp³-hybridized carbons (Fsp3) is 0.400. The van der Waals surface area contributed by atoms with Crippen molar-refractivity contribution < 1.29 is 4.74 Å². The fourth-order valence-corrected chi connectivity index (χ4v) is 3.16. The van der Waals surface area contributed by atoms with Gasteiger partial charge in [-0.1, -0.05) is 23.7 Å². The highest BCUT2D eigenvalue weighted by Gasteiger charge is 2.21. The zero-order valence-electron chi connectivity index (χ0n) is 11.4. The maximum absolute atomic E-state index is 5.93. The maximum Gasteiger partial charge on any atom is 0.124 e. The Kier molecular flexibility index (Phi) is 4.36. The van der Waals surface area contributed by atoms with E-state index in [9.17, 15) is 0 Å². The minimum absolute atomic E-state index is 0.561. The molecule has 1 aromatic heterocycles. The molecule has 1 fully saturated rings. The number of hydrogen-bond donors (Lipinski definition) is 1. The highest BCUT2D eigenvalue weighted by molar-refractivity contribution is 7.15. The molecular weight excluding hydrogens is 292 g/mol. The molecule has 1 aliphatic carbocycles. The van der Waals surface area contributed by atoms with Crippen LogP contribution in [0.2, 0.25) is 5.02 Å². The summed E-state index contributed by atoms with van der Waals surface area (Å²) in [6, 6.07) is 8.52. The molecule has 0 radical (unpaired) electrons. The van der Waals surface area contributed by atoms with Crippen molar-refractivity contribution in [2.45, 2.75) is 32.0 Å². The molecule has 1 aliphatic rings. The first-order valence-corrected chi connectivity index (χ1v) is 7.92. The van der Waals surface area contributed by atoms with Crippen LogP contribution in [0, 0.1) is 0 Å². The predicted octanol–water partition coefficient (Wildman–Crippen LogP) is 3.86. The van der Waals surface area contributed by atoms with Crippen LogP contribution in [0.1, 0.15) is 23.4 Å². The Hall–Kier alpha value is -0.940. The third kappa shape index (κ3) is 3.38. The third-order valence-corrected chi connectivity index (χ3v) is 4.68. The first kappa shape index (κ1) is 14.0. The van der Waals surface area contributed by atoms with Gasteiger partial charge in [-0.25, -0.2) is 4.98 Å². The van der Waals surface area contributed by atoms with Crippen LogP contribution in [-0.4, -0.2) is 18.1 Å². The summed E-state index contributed by atoms with van der Waals surface area (Å²) in [7, 11) is 1.71. The number of aromatic nitrogens is 1. The molecule has 0 atom stereocenters. The lowest BCUT2D eigenvalue weighted by molar-refractivity contribution is 0.181. The molecule has 0 saturated heterocycles. The molecule has 1 aromatic carbocycles. The van der Waals surface area contributed by atoms with Gasteiger partial charge in [0, 0.05) is 35.2 Å². The quantitative estimate of drug-likeness (QED) is 0.880. The normalized spacial score (nSPS) is 14.7. The second-order valence-corrected chi connectivity index (χ2v) is 6.50. The van der Waals surface area contributed by atoms with Gasteiger partial charge in [0.25, 0.3) is 0 Å². The van der Waals surface area contributed by atoms with E-state index in [-0.39, 0.29) is 0 Å². The highest BCUT2D eigenvalue weighted by atomic mass is 35.5. The van der Waals surface area contributed by atoms with Crippen LogP contribution in [0.15, 0.2) is 24.3 Å². The number of nitrogens with zero attached hydrogens (tertiary/aromatic N) is 1. The topological polar surface area (TPSA) is 34.1 Å². The SMILES string of the molecule is COCc1nc(-c2ccc(Cl)cc2)sc1CNC1CC1. The van der Waals surface area contributed by atoms with Crippen LogP contribution in [0.5, 0.6) is 0 Å². The molecule has 20 heavy (non-hydrogen) atoms. The van der Waals surface area contributed by atoms with Crippen LogP contribution < -0.4 is 5.32 Å². The van der Waals surface area contributed by atoms with E-state index in [4.69, 9.17) is 21.3 Å². The van der Waals surface area contributed by atoms with Crippen LogP contribution >= 0.6 is 22.9 Å². The summed E-state index contributed by atoms with van der Waals surface area (Å²) >= 11 is 7.66. The minimum atomic E-state index is 0.561. The Morgan fingerprint density at radius 3 is 2.75 bits per heavy atom. The van der Waals surface area contributed by atoms with E-state index in [1.807, 2.05) is 24.3 Å². The van der Waals surface area contributed by atoms with Crippen molar-refractivity contribution in [3.05, 3.63) is 39.9 Å². The smallest absolute Gasteiger partial charge is 0.124 e.